The van der Waals surface area contributed by atoms with Crippen LogP contribution in [0.3, 0.4) is 0 Å². The highest BCUT2D eigenvalue weighted by atomic mass is 15.0. The van der Waals surface area contributed by atoms with Gasteiger partial charge in [0.1, 0.15) is 0 Å². The van der Waals surface area contributed by atoms with Gasteiger partial charge in [0.15, 0.2) is 0 Å². The summed E-state index contributed by atoms with van der Waals surface area (Å²) in [5.41, 5.74) is 15.4. The zero-order valence-corrected chi connectivity index (χ0v) is 38.8. The molecule has 0 unspecified atom stereocenters. The molecule has 8 aromatic carbocycles. The predicted molar refractivity (Wildman–Crippen MR) is 270 cm³/mol. The maximum atomic E-state index is 2.47. The molecule has 10 rings (SSSR count). The van der Waals surface area contributed by atoms with E-state index in [0.717, 1.165) is 0 Å². The van der Waals surface area contributed by atoms with Crippen molar-refractivity contribution in [2.45, 2.75) is 105 Å². The first kappa shape index (κ1) is 40.0. The number of nitrogens with zero attached hydrogens (tertiary/aromatic N) is 2. The normalized spacial score (nSPS) is 13.2. The van der Waals surface area contributed by atoms with Gasteiger partial charge in [-0.2, -0.15) is 0 Å². The predicted octanol–water partition coefficient (Wildman–Crippen LogP) is 17.0. The van der Waals surface area contributed by atoms with Gasteiger partial charge in [-0.05, 0) is 162 Å². The second-order valence-corrected chi connectivity index (χ2v) is 22.1. The number of fused-ring (bicyclic) bond motifs is 8. The van der Waals surface area contributed by atoms with Crippen LogP contribution < -0.4 is 0 Å². The molecule has 0 N–H and O–H groups in total. The highest BCUT2D eigenvalue weighted by Gasteiger charge is 2.23. The van der Waals surface area contributed by atoms with Crippen LogP contribution in [0.25, 0.3) is 87.7 Å². The lowest BCUT2D eigenvalue weighted by Crippen LogP contribution is -2.10. The molecule has 0 atom stereocenters. The van der Waals surface area contributed by atoms with Crippen LogP contribution >= 0.6 is 0 Å². The third-order valence-corrected chi connectivity index (χ3v) is 13.5. The Balaban J connectivity index is 1.09. The van der Waals surface area contributed by atoms with Gasteiger partial charge in [-0.3, -0.25) is 0 Å². The van der Waals surface area contributed by atoms with Crippen molar-refractivity contribution in [3.05, 3.63) is 168 Å². The van der Waals surface area contributed by atoms with Crippen molar-refractivity contribution < 1.29 is 0 Å². The molecule has 2 heteroatoms. The molecule has 310 valence electrons. The van der Waals surface area contributed by atoms with Gasteiger partial charge in [0, 0.05) is 32.9 Å². The summed E-state index contributed by atoms with van der Waals surface area (Å²) >= 11 is 0. The number of aromatic nitrogens is 2. The van der Waals surface area contributed by atoms with Crippen LogP contribution in [0.4, 0.5) is 0 Å². The van der Waals surface area contributed by atoms with Gasteiger partial charge in [-0.25, -0.2) is 0 Å². The first-order chi connectivity index (χ1) is 29.2. The van der Waals surface area contributed by atoms with Crippen molar-refractivity contribution in [1.29, 1.82) is 0 Å². The fourth-order valence-electron chi connectivity index (χ4n) is 9.57. The monoisotopic (exact) mass is 808 g/mol. The van der Waals surface area contributed by atoms with Crippen LogP contribution in [-0.2, 0) is 21.7 Å². The van der Waals surface area contributed by atoms with Crippen LogP contribution in [0, 0.1) is 0 Å². The third kappa shape index (κ3) is 6.71. The van der Waals surface area contributed by atoms with Crippen molar-refractivity contribution >= 4 is 65.2 Å². The fourth-order valence-corrected chi connectivity index (χ4v) is 9.57. The van der Waals surface area contributed by atoms with Crippen molar-refractivity contribution in [2.75, 3.05) is 0 Å². The molecule has 0 saturated carbocycles. The molecule has 0 fully saturated rings. The van der Waals surface area contributed by atoms with E-state index in [-0.39, 0.29) is 21.7 Å². The minimum absolute atomic E-state index is 0.0614. The Hall–Kier alpha value is -6.12. The minimum Gasteiger partial charge on any atom is -0.309 e. The molecule has 0 spiro atoms. The van der Waals surface area contributed by atoms with Gasteiger partial charge < -0.3 is 9.13 Å². The van der Waals surface area contributed by atoms with E-state index < -0.39 is 0 Å². The topological polar surface area (TPSA) is 9.86 Å². The highest BCUT2D eigenvalue weighted by molar-refractivity contribution is 6.11. The molecule has 62 heavy (non-hydrogen) atoms. The smallest absolute Gasteiger partial charge is 0.0541 e. The zero-order chi connectivity index (χ0) is 43.7. The molecule has 2 heterocycles. The quantitative estimate of drug-likeness (QED) is 0.168. The first-order valence-corrected chi connectivity index (χ1v) is 22.5. The average Bonchev–Trinajstić information content (AvgIpc) is 3.73. The molecular weight excluding hydrogens is 749 g/mol. The van der Waals surface area contributed by atoms with Crippen molar-refractivity contribution in [3.63, 3.8) is 0 Å². The maximum absolute atomic E-state index is 2.47. The number of rotatable bonds is 3. The standard InChI is InChI=1S/C60H60N2/c1-57(2,3)43-19-25-53-49(33-43)50-34-44(58(4,5)6)20-26-54(50)61(53)47-23-17-37-13-15-39(29-41(37)31-47)40-16-14-38-18-24-48(32-42(38)30-40)62-55-27-21-45(59(7,8)9)35-51(55)52-36-46(60(10,11)12)22-28-56(52)62/h13-36H,1-12H3. The van der Waals surface area contributed by atoms with Crippen LogP contribution in [-0.4, -0.2) is 9.13 Å². The molecule has 2 nitrogen and oxygen atoms in total. The van der Waals surface area contributed by atoms with Crippen LogP contribution in [0.5, 0.6) is 0 Å². The molecule has 0 aliphatic carbocycles. The third-order valence-electron chi connectivity index (χ3n) is 13.5. The highest BCUT2D eigenvalue weighted by Crippen LogP contribution is 2.41. The molecule has 0 saturated heterocycles. The summed E-state index contributed by atoms with van der Waals surface area (Å²) in [7, 11) is 0. The molecule has 0 aliphatic rings. The van der Waals surface area contributed by atoms with Crippen molar-refractivity contribution in [3.8, 4) is 22.5 Å². The van der Waals surface area contributed by atoms with E-state index in [2.05, 4.69) is 238 Å². The van der Waals surface area contributed by atoms with Gasteiger partial charge in [-0.1, -0.05) is 144 Å². The summed E-state index contributed by atoms with van der Waals surface area (Å²) in [4.78, 5) is 0. The van der Waals surface area contributed by atoms with Crippen LogP contribution in [0.2, 0.25) is 0 Å². The molecular formula is C60H60N2. The van der Waals surface area contributed by atoms with Crippen LogP contribution in [0.1, 0.15) is 105 Å². The summed E-state index contributed by atoms with van der Waals surface area (Å²) in [6, 6.07) is 56.1. The lowest BCUT2D eigenvalue weighted by Gasteiger charge is -2.19. The lowest BCUT2D eigenvalue weighted by atomic mass is 9.85. The second-order valence-electron chi connectivity index (χ2n) is 22.1. The Morgan fingerprint density at radius 2 is 0.532 bits per heavy atom. The van der Waals surface area contributed by atoms with Crippen molar-refractivity contribution in [1.82, 2.24) is 9.13 Å². The Bertz CT molecular complexity index is 3050. The molecule has 0 aliphatic heterocycles. The number of benzene rings is 8. The van der Waals surface area contributed by atoms with E-state index in [1.807, 2.05) is 0 Å². The van der Waals surface area contributed by atoms with E-state index in [4.69, 9.17) is 0 Å². The summed E-state index contributed by atoms with van der Waals surface area (Å²) in [5, 5.41) is 10.2. The van der Waals surface area contributed by atoms with Gasteiger partial charge in [0.25, 0.3) is 0 Å². The molecule has 2 aromatic heterocycles. The van der Waals surface area contributed by atoms with E-state index >= 15 is 0 Å². The van der Waals surface area contributed by atoms with E-state index in [9.17, 15) is 0 Å². The maximum Gasteiger partial charge on any atom is 0.0541 e. The Morgan fingerprint density at radius 1 is 0.258 bits per heavy atom. The zero-order valence-electron chi connectivity index (χ0n) is 38.8. The first-order valence-electron chi connectivity index (χ1n) is 22.5. The number of hydrogen-bond donors (Lipinski definition) is 0. The van der Waals surface area contributed by atoms with Crippen molar-refractivity contribution in [2.24, 2.45) is 0 Å². The second kappa shape index (κ2) is 13.7. The average molecular weight is 809 g/mol. The fraction of sp³-hybridized carbons (Fsp3) is 0.267. The SMILES string of the molecule is CC(C)(C)c1ccc2c(c1)c1cc(C(C)(C)C)ccc1n2-c1ccc2ccc(-c3ccc4ccc(-n5c6ccc(C(C)(C)C)cc6c6cc(C(C)(C)C)ccc65)cc4c3)cc2c1. The summed E-state index contributed by atoms with van der Waals surface area (Å²) in [5.74, 6) is 0. The Morgan fingerprint density at radius 3 is 0.806 bits per heavy atom. The molecule has 0 amide bonds. The molecule has 10 aromatic rings. The van der Waals surface area contributed by atoms with Gasteiger partial charge in [-0.15, -0.1) is 0 Å². The molecule has 0 radical (unpaired) electrons. The van der Waals surface area contributed by atoms with Crippen LogP contribution in [0.15, 0.2) is 146 Å². The van der Waals surface area contributed by atoms with E-state index in [1.165, 1.54) is 110 Å². The largest absolute Gasteiger partial charge is 0.309 e. The Kier molecular flexibility index (Phi) is 8.83. The Labute approximate surface area is 367 Å². The van der Waals surface area contributed by atoms with E-state index in [0.29, 0.717) is 0 Å². The molecule has 0 bridgehead atoms. The van der Waals surface area contributed by atoms with Gasteiger partial charge in [0.05, 0.1) is 22.1 Å². The minimum atomic E-state index is 0.0614. The van der Waals surface area contributed by atoms with Gasteiger partial charge in [0.2, 0.25) is 0 Å². The lowest BCUT2D eigenvalue weighted by molar-refractivity contribution is 0.590. The van der Waals surface area contributed by atoms with E-state index in [1.54, 1.807) is 0 Å². The summed E-state index contributed by atoms with van der Waals surface area (Å²) < 4.78 is 4.94. The van der Waals surface area contributed by atoms with Gasteiger partial charge >= 0.3 is 0 Å². The number of hydrogen-bond acceptors (Lipinski definition) is 0. The summed E-state index contributed by atoms with van der Waals surface area (Å²) in [6.07, 6.45) is 0. The summed E-state index contributed by atoms with van der Waals surface area (Å²) in [6.45, 7) is 27.7.